The van der Waals surface area contributed by atoms with Gasteiger partial charge in [0.2, 0.25) is 0 Å². The Hall–Kier alpha value is -1.03. The van der Waals surface area contributed by atoms with Crippen LogP contribution < -0.4 is 5.32 Å². The maximum atomic E-state index is 12.3. The first-order chi connectivity index (χ1) is 5.97. The number of likely N-dealkylation sites (N-methyl/N-ethyl adjacent to an activating group) is 1. The van der Waals surface area contributed by atoms with Crippen molar-refractivity contribution in [2.24, 2.45) is 0 Å². The van der Waals surface area contributed by atoms with Gasteiger partial charge in [-0.15, -0.1) is 0 Å². The molecular weight excluding hydrogens is 179 g/mol. The van der Waals surface area contributed by atoms with E-state index in [0.717, 1.165) is 6.08 Å². The second-order valence-corrected chi connectivity index (χ2v) is 2.37. The highest BCUT2D eigenvalue weighted by Gasteiger charge is 2.39. The van der Waals surface area contributed by atoms with Gasteiger partial charge in [0.1, 0.15) is 6.04 Å². The average Bonchev–Trinajstić information content (AvgIpc) is 2.01. The fourth-order valence-electron chi connectivity index (χ4n) is 0.938. The van der Waals surface area contributed by atoms with Crippen molar-refractivity contribution < 1.29 is 13.2 Å². The Bertz CT molecular complexity index is 215. The van der Waals surface area contributed by atoms with Crippen molar-refractivity contribution in [3.05, 3.63) is 37.0 Å². The van der Waals surface area contributed by atoms with Crippen LogP contribution in [0.2, 0.25) is 0 Å². The second-order valence-electron chi connectivity index (χ2n) is 2.37. The summed E-state index contributed by atoms with van der Waals surface area (Å²) in [4.78, 5) is 0. The Kier molecular flexibility index (Phi) is 4.48. The van der Waals surface area contributed by atoms with Crippen LogP contribution >= 0.6 is 0 Å². The molecule has 0 aliphatic heterocycles. The molecule has 4 heteroatoms. The lowest BCUT2D eigenvalue weighted by atomic mass is 10.1. The highest BCUT2D eigenvalue weighted by molar-refractivity contribution is 5.28. The molecule has 1 nitrogen and oxygen atoms in total. The van der Waals surface area contributed by atoms with Crippen LogP contribution in [-0.4, -0.2) is 19.3 Å². The molecule has 13 heavy (non-hydrogen) atoms. The van der Waals surface area contributed by atoms with E-state index in [4.69, 9.17) is 0 Å². The average molecular weight is 191 g/mol. The van der Waals surface area contributed by atoms with E-state index in [1.165, 1.54) is 19.2 Å². The topological polar surface area (TPSA) is 12.0 Å². The van der Waals surface area contributed by atoms with Crippen LogP contribution in [-0.2, 0) is 0 Å². The van der Waals surface area contributed by atoms with Crippen molar-refractivity contribution in [3.63, 3.8) is 0 Å². The molecule has 0 heterocycles. The Morgan fingerprint density at radius 1 is 1.38 bits per heavy atom. The Balaban J connectivity index is 4.84. The minimum absolute atomic E-state index is 0.0602. The molecule has 1 atom stereocenters. The summed E-state index contributed by atoms with van der Waals surface area (Å²) in [7, 11) is 1.25. The SMILES string of the molecule is C=C/C=C(\C=C)C(NC)C(F)(F)F. The van der Waals surface area contributed by atoms with Gasteiger partial charge in [-0.3, -0.25) is 0 Å². The number of nitrogens with one attached hydrogen (secondary N) is 1. The van der Waals surface area contributed by atoms with E-state index >= 15 is 0 Å². The van der Waals surface area contributed by atoms with E-state index in [-0.39, 0.29) is 5.57 Å². The summed E-state index contributed by atoms with van der Waals surface area (Å²) in [6.45, 7) is 6.63. The first-order valence-electron chi connectivity index (χ1n) is 3.66. The summed E-state index contributed by atoms with van der Waals surface area (Å²) >= 11 is 0. The van der Waals surface area contributed by atoms with E-state index in [9.17, 15) is 13.2 Å². The van der Waals surface area contributed by atoms with E-state index in [1.807, 2.05) is 0 Å². The molecule has 0 aromatic rings. The maximum Gasteiger partial charge on any atom is 0.407 e. The molecule has 1 unspecified atom stereocenters. The van der Waals surface area contributed by atoms with Crippen LogP contribution in [0.25, 0.3) is 0 Å². The first kappa shape index (κ1) is 12.0. The molecule has 0 amide bonds. The second kappa shape index (κ2) is 4.87. The minimum Gasteiger partial charge on any atom is -0.306 e. The smallest absolute Gasteiger partial charge is 0.306 e. The normalized spacial score (nSPS) is 15.2. The minimum atomic E-state index is -4.31. The van der Waals surface area contributed by atoms with Gasteiger partial charge in [-0.2, -0.15) is 13.2 Å². The van der Waals surface area contributed by atoms with Crippen LogP contribution in [0.1, 0.15) is 0 Å². The van der Waals surface area contributed by atoms with Gasteiger partial charge in [-0.05, 0) is 12.6 Å². The highest BCUT2D eigenvalue weighted by atomic mass is 19.4. The van der Waals surface area contributed by atoms with Crippen LogP contribution in [0.15, 0.2) is 37.0 Å². The van der Waals surface area contributed by atoms with Crippen molar-refractivity contribution in [3.8, 4) is 0 Å². The zero-order valence-electron chi connectivity index (χ0n) is 7.36. The van der Waals surface area contributed by atoms with Crippen LogP contribution in [0.5, 0.6) is 0 Å². The molecule has 1 N–H and O–H groups in total. The largest absolute Gasteiger partial charge is 0.407 e. The summed E-state index contributed by atoms with van der Waals surface area (Å²) in [6, 6.07) is -1.68. The van der Waals surface area contributed by atoms with Crippen molar-refractivity contribution in [1.29, 1.82) is 0 Å². The van der Waals surface area contributed by atoms with E-state index < -0.39 is 12.2 Å². The maximum absolute atomic E-state index is 12.3. The third kappa shape index (κ3) is 3.46. The number of halogens is 3. The lowest BCUT2D eigenvalue weighted by Crippen LogP contribution is -2.41. The summed E-state index contributed by atoms with van der Waals surface area (Å²) in [5.41, 5.74) is 0.0602. The number of allylic oxidation sites excluding steroid dienone is 2. The predicted octanol–water partition coefficient (Wildman–Crippen LogP) is 2.44. The van der Waals surface area contributed by atoms with Gasteiger partial charge in [0, 0.05) is 0 Å². The fraction of sp³-hybridized carbons (Fsp3) is 0.333. The zero-order chi connectivity index (χ0) is 10.5. The van der Waals surface area contributed by atoms with E-state index in [2.05, 4.69) is 18.5 Å². The molecule has 0 saturated heterocycles. The summed E-state index contributed by atoms with van der Waals surface area (Å²) in [5.74, 6) is 0. The summed E-state index contributed by atoms with van der Waals surface area (Å²) < 4.78 is 36.9. The standard InChI is InChI=1S/C9H12F3N/c1-4-6-7(5-2)8(13-3)9(10,11)12/h4-6,8,13H,1-2H2,3H3/b7-6+. The number of hydrogen-bond donors (Lipinski definition) is 1. The van der Waals surface area contributed by atoms with Crippen LogP contribution in [0.4, 0.5) is 13.2 Å². The highest BCUT2D eigenvalue weighted by Crippen LogP contribution is 2.25. The van der Waals surface area contributed by atoms with E-state index in [0.29, 0.717) is 0 Å². The van der Waals surface area contributed by atoms with E-state index in [1.54, 1.807) is 0 Å². The lowest BCUT2D eigenvalue weighted by Gasteiger charge is -2.20. The van der Waals surface area contributed by atoms with Gasteiger partial charge >= 0.3 is 6.18 Å². The van der Waals surface area contributed by atoms with Gasteiger partial charge in [-0.1, -0.05) is 31.4 Å². The van der Waals surface area contributed by atoms with Gasteiger partial charge in [-0.25, -0.2) is 0 Å². The third-order valence-electron chi connectivity index (χ3n) is 1.50. The van der Waals surface area contributed by atoms with Gasteiger partial charge in [0.05, 0.1) is 0 Å². The zero-order valence-corrected chi connectivity index (χ0v) is 7.36. The molecule has 0 radical (unpaired) electrons. The molecular formula is C9H12F3N. The van der Waals surface area contributed by atoms with Crippen molar-refractivity contribution >= 4 is 0 Å². The molecule has 0 rings (SSSR count). The first-order valence-corrected chi connectivity index (χ1v) is 3.66. The van der Waals surface area contributed by atoms with Gasteiger partial charge in [0.25, 0.3) is 0 Å². The van der Waals surface area contributed by atoms with Crippen molar-refractivity contribution in [2.75, 3.05) is 7.05 Å². The third-order valence-corrected chi connectivity index (χ3v) is 1.50. The number of alkyl halides is 3. The Labute approximate surface area is 75.6 Å². The van der Waals surface area contributed by atoms with Gasteiger partial charge < -0.3 is 5.32 Å². The molecule has 0 saturated carbocycles. The molecule has 0 aliphatic carbocycles. The molecule has 74 valence electrons. The monoisotopic (exact) mass is 191 g/mol. The van der Waals surface area contributed by atoms with Crippen LogP contribution in [0, 0.1) is 0 Å². The molecule has 0 bridgehead atoms. The summed E-state index contributed by atoms with van der Waals surface area (Å²) in [6.07, 6.45) is -0.567. The predicted molar refractivity (Wildman–Crippen MR) is 47.4 cm³/mol. The fourth-order valence-corrected chi connectivity index (χ4v) is 0.938. The quantitative estimate of drug-likeness (QED) is 0.673. The molecule has 0 aromatic carbocycles. The molecule has 0 aromatic heterocycles. The molecule has 0 aliphatic rings. The Morgan fingerprint density at radius 3 is 2.15 bits per heavy atom. The Morgan fingerprint density at radius 2 is 1.92 bits per heavy atom. The van der Waals surface area contributed by atoms with Gasteiger partial charge in [0.15, 0.2) is 0 Å². The molecule has 0 fully saturated rings. The van der Waals surface area contributed by atoms with Crippen LogP contribution in [0.3, 0.4) is 0 Å². The van der Waals surface area contributed by atoms with Crippen molar-refractivity contribution in [2.45, 2.75) is 12.2 Å². The van der Waals surface area contributed by atoms with Crippen molar-refractivity contribution in [1.82, 2.24) is 5.32 Å². The summed E-state index contributed by atoms with van der Waals surface area (Å²) in [5, 5.41) is 2.17. The number of rotatable bonds is 4. The lowest BCUT2D eigenvalue weighted by molar-refractivity contribution is -0.144. The number of hydrogen-bond acceptors (Lipinski definition) is 1. The molecule has 0 spiro atoms.